The molecule has 2 rings (SSSR count). The van der Waals surface area contributed by atoms with Crippen LogP contribution in [0.2, 0.25) is 0 Å². The molecule has 13 heavy (non-hydrogen) atoms. The van der Waals surface area contributed by atoms with Gasteiger partial charge in [0.2, 0.25) is 0 Å². The maximum atomic E-state index is 8.49. The molecule has 6 heteroatoms. The van der Waals surface area contributed by atoms with Gasteiger partial charge in [-0.25, -0.2) is 0 Å². The molecule has 0 fully saturated rings. The van der Waals surface area contributed by atoms with Crippen LogP contribution in [0.1, 0.15) is 0 Å². The SMILES string of the molecule is N#CSC1=CSC(=C2SC=CS2)S1. The Kier molecular flexibility index (Phi) is 3.69. The maximum Gasteiger partial charge on any atom is 0.139 e. The molecule has 2 aliphatic rings. The average Bonchev–Trinajstić information content (AvgIpc) is 2.70. The minimum absolute atomic E-state index is 1.09. The quantitative estimate of drug-likeness (QED) is 0.641. The lowest BCUT2D eigenvalue weighted by molar-refractivity contribution is 1.57. The molecule has 0 aromatic rings. The van der Waals surface area contributed by atoms with Crippen LogP contribution in [-0.2, 0) is 0 Å². The summed E-state index contributed by atoms with van der Waals surface area (Å²) in [7, 11) is 0. The molecule has 0 N–H and O–H groups in total. The molecule has 0 unspecified atom stereocenters. The number of hydrogen-bond donors (Lipinski definition) is 0. The van der Waals surface area contributed by atoms with Crippen LogP contribution in [0, 0.1) is 10.7 Å². The highest BCUT2D eigenvalue weighted by Gasteiger charge is 2.18. The zero-order chi connectivity index (χ0) is 9.10. The van der Waals surface area contributed by atoms with Crippen molar-refractivity contribution >= 4 is 58.8 Å². The fourth-order valence-corrected chi connectivity index (χ4v) is 5.90. The van der Waals surface area contributed by atoms with Crippen LogP contribution in [0.25, 0.3) is 0 Å². The van der Waals surface area contributed by atoms with Gasteiger partial charge in [0.1, 0.15) is 5.40 Å². The Bertz CT molecular complexity index is 338. The Morgan fingerprint density at radius 3 is 2.62 bits per heavy atom. The van der Waals surface area contributed by atoms with Crippen LogP contribution >= 0.6 is 58.8 Å². The van der Waals surface area contributed by atoms with Gasteiger partial charge in [0, 0.05) is 0 Å². The van der Waals surface area contributed by atoms with E-state index in [1.807, 2.05) is 5.41 Å². The fraction of sp³-hybridized carbons (Fsp3) is 0. The Morgan fingerprint density at radius 2 is 1.92 bits per heavy atom. The van der Waals surface area contributed by atoms with Gasteiger partial charge in [-0.3, -0.25) is 0 Å². The molecule has 0 saturated heterocycles. The first-order chi connectivity index (χ1) is 6.40. The predicted molar refractivity (Wildman–Crippen MR) is 67.8 cm³/mol. The highest BCUT2D eigenvalue weighted by Crippen LogP contribution is 2.55. The van der Waals surface area contributed by atoms with E-state index in [1.165, 1.54) is 20.2 Å². The van der Waals surface area contributed by atoms with Gasteiger partial charge < -0.3 is 0 Å². The molecule has 0 spiro atoms. The van der Waals surface area contributed by atoms with Crippen molar-refractivity contribution in [1.29, 1.82) is 5.26 Å². The zero-order valence-electron chi connectivity index (χ0n) is 6.22. The van der Waals surface area contributed by atoms with Crippen molar-refractivity contribution in [2.75, 3.05) is 0 Å². The Morgan fingerprint density at radius 1 is 1.15 bits per heavy atom. The van der Waals surface area contributed by atoms with Crippen molar-refractivity contribution in [3.05, 3.63) is 28.9 Å². The minimum Gasteiger partial charge on any atom is -0.185 e. The largest absolute Gasteiger partial charge is 0.185 e. The summed E-state index contributed by atoms with van der Waals surface area (Å²) in [5.41, 5.74) is 0. The van der Waals surface area contributed by atoms with Gasteiger partial charge in [0.05, 0.1) is 12.7 Å². The van der Waals surface area contributed by atoms with Crippen molar-refractivity contribution in [3.8, 4) is 5.40 Å². The third-order valence-corrected chi connectivity index (χ3v) is 7.05. The van der Waals surface area contributed by atoms with Crippen molar-refractivity contribution in [1.82, 2.24) is 0 Å². The summed E-state index contributed by atoms with van der Waals surface area (Å²) < 4.78 is 3.72. The van der Waals surface area contributed by atoms with Crippen LogP contribution in [0.5, 0.6) is 0 Å². The number of thiocyanates is 1. The summed E-state index contributed by atoms with van der Waals surface area (Å²) in [6.07, 6.45) is 0. The molecule has 0 bridgehead atoms. The third kappa shape index (κ3) is 2.48. The number of nitrogens with zero attached hydrogens (tertiary/aromatic N) is 1. The fourth-order valence-electron chi connectivity index (χ4n) is 0.724. The molecule has 2 aliphatic heterocycles. The molecule has 0 amide bonds. The second-order valence-corrected chi connectivity index (χ2v) is 7.30. The van der Waals surface area contributed by atoms with Gasteiger partial charge in [0.15, 0.2) is 0 Å². The summed E-state index contributed by atoms with van der Waals surface area (Å²) >= 11 is 8.16. The van der Waals surface area contributed by atoms with Crippen molar-refractivity contribution in [2.45, 2.75) is 0 Å². The maximum absolute atomic E-state index is 8.49. The highest BCUT2D eigenvalue weighted by molar-refractivity contribution is 8.38. The standard InChI is InChI=1S/C7H3NS5/c8-4-12-5-3-11-7(13-5)6-9-1-2-10-6/h1-3H. The van der Waals surface area contributed by atoms with Gasteiger partial charge >= 0.3 is 0 Å². The molecule has 0 aliphatic carbocycles. The average molecular weight is 261 g/mol. The molecule has 66 valence electrons. The van der Waals surface area contributed by atoms with Crippen molar-refractivity contribution in [3.63, 3.8) is 0 Å². The van der Waals surface area contributed by atoms with E-state index in [1.54, 1.807) is 47.0 Å². The molecule has 0 radical (unpaired) electrons. The topological polar surface area (TPSA) is 23.8 Å². The number of thioether (sulfide) groups is 5. The lowest BCUT2D eigenvalue weighted by Crippen LogP contribution is -1.64. The molecule has 1 nitrogen and oxygen atoms in total. The molecule has 0 atom stereocenters. The smallest absolute Gasteiger partial charge is 0.139 e. The van der Waals surface area contributed by atoms with Gasteiger partial charge in [-0.2, -0.15) is 5.26 Å². The number of nitriles is 1. The first kappa shape index (κ1) is 9.99. The monoisotopic (exact) mass is 261 g/mol. The summed E-state index contributed by atoms with van der Waals surface area (Å²) in [6, 6.07) is 0. The van der Waals surface area contributed by atoms with E-state index in [0.717, 1.165) is 4.24 Å². The Balaban J connectivity index is 2.02. The molecular weight excluding hydrogens is 258 g/mol. The summed E-state index contributed by atoms with van der Waals surface area (Å²) in [5, 5.41) is 16.8. The molecule has 0 saturated carbocycles. The van der Waals surface area contributed by atoms with E-state index in [2.05, 4.69) is 16.2 Å². The van der Waals surface area contributed by atoms with Crippen LogP contribution in [0.4, 0.5) is 0 Å². The van der Waals surface area contributed by atoms with E-state index in [9.17, 15) is 0 Å². The van der Waals surface area contributed by atoms with Crippen LogP contribution in [0.3, 0.4) is 0 Å². The summed E-state index contributed by atoms with van der Waals surface area (Å²) in [4.78, 5) is 0. The van der Waals surface area contributed by atoms with E-state index < -0.39 is 0 Å². The normalized spacial score (nSPS) is 20.7. The van der Waals surface area contributed by atoms with Crippen LogP contribution in [0.15, 0.2) is 28.9 Å². The molecule has 0 aromatic heterocycles. The first-order valence-electron chi connectivity index (χ1n) is 3.23. The van der Waals surface area contributed by atoms with Crippen molar-refractivity contribution < 1.29 is 0 Å². The van der Waals surface area contributed by atoms with Crippen LogP contribution < -0.4 is 0 Å². The lowest BCUT2D eigenvalue weighted by atomic mass is 11.2. The Labute approximate surface area is 97.9 Å². The van der Waals surface area contributed by atoms with Crippen molar-refractivity contribution in [2.24, 2.45) is 0 Å². The molecule has 2 heterocycles. The highest BCUT2D eigenvalue weighted by atomic mass is 32.2. The second kappa shape index (κ2) is 4.80. The number of rotatable bonds is 1. The molecular formula is C7H3NS5. The first-order valence-corrected chi connectivity index (χ1v) is 7.50. The van der Waals surface area contributed by atoms with Gasteiger partial charge in [-0.15, -0.1) is 0 Å². The third-order valence-electron chi connectivity index (χ3n) is 1.17. The van der Waals surface area contributed by atoms with Gasteiger partial charge in [-0.05, 0) is 28.0 Å². The number of hydrogen-bond acceptors (Lipinski definition) is 6. The molecule has 0 aromatic carbocycles. The second-order valence-electron chi connectivity index (χ2n) is 1.93. The predicted octanol–water partition coefficient (Wildman–Crippen LogP) is 4.56. The Hall–Kier alpha value is 0.460. The summed E-state index contributed by atoms with van der Waals surface area (Å²) in [5.74, 6) is 0. The van der Waals surface area contributed by atoms with E-state index in [4.69, 9.17) is 5.26 Å². The van der Waals surface area contributed by atoms with Gasteiger partial charge in [0.25, 0.3) is 0 Å². The minimum atomic E-state index is 1.09. The summed E-state index contributed by atoms with van der Waals surface area (Å²) in [6.45, 7) is 0. The van der Waals surface area contributed by atoms with Crippen LogP contribution in [-0.4, -0.2) is 0 Å². The zero-order valence-corrected chi connectivity index (χ0v) is 10.3. The van der Waals surface area contributed by atoms with Gasteiger partial charge in [-0.1, -0.05) is 47.0 Å². The van der Waals surface area contributed by atoms with E-state index >= 15 is 0 Å². The lowest BCUT2D eigenvalue weighted by Gasteiger charge is -1.98. The van der Waals surface area contributed by atoms with E-state index in [0.29, 0.717) is 0 Å². The van der Waals surface area contributed by atoms with E-state index in [-0.39, 0.29) is 0 Å².